The van der Waals surface area contributed by atoms with Gasteiger partial charge in [-0.25, -0.2) is 0 Å². The number of hydrogen-bond donors (Lipinski definition) is 10. The van der Waals surface area contributed by atoms with Crippen molar-refractivity contribution in [2.45, 2.75) is 276 Å². The molecule has 8 fully saturated rings. The van der Waals surface area contributed by atoms with E-state index in [-0.39, 0.29) is 106 Å². The van der Waals surface area contributed by atoms with Crippen LogP contribution in [0.25, 0.3) is 0 Å². The first-order valence-corrected chi connectivity index (χ1v) is 40.6. The predicted molar refractivity (Wildman–Crippen MR) is 416 cm³/mol. The van der Waals surface area contributed by atoms with Crippen LogP contribution < -0.4 is 51.2 Å². The molecule has 11 rings (SSSR count). The number of nitrogens with zero attached hydrogens (tertiary/aromatic N) is 6. The van der Waals surface area contributed by atoms with Gasteiger partial charge in [-0.1, -0.05) is 171 Å². The molecule has 0 aromatic heterocycles. The number of nitriles is 3. The van der Waals surface area contributed by atoms with Crippen LogP contribution in [0.1, 0.15) is 229 Å². The zero-order valence-corrected chi connectivity index (χ0v) is 66.4. The van der Waals surface area contributed by atoms with Crippen molar-refractivity contribution in [3.05, 3.63) is 114 Å². The Balaban J connectivity index is 0. The summed E-state index contributed by atoms with van der Waals surface area (Å²) in [4.78, 5) is 27.6. The number of aliphatic hydroxyl groups excluding tert-OH is 5. The van der Waals surface area contributed by atoms with Gasteiger partial charge in [-0.3, -0.25) is 14.5 Å². The third-order valence-electron chi connectivity index (χ3n) is 21.4. The molecule has 2 aliphatic heterocycles. The topological polar surface area (TPSA) is 328 Å². The smallest absolute Gasteiger partial charge is 0.512 e. The minimum absolute atomic E-state index is 0. The molecule has 576 valence electrons. The molecule has 0 radical (unpaired) electrons. The van der Waals surface area contributed by atoms with Gasteiger partial charge in [0.15, 0.2) is 8.32 Å². The molecule has 3 aromatic carbocycles. The number of halogens is 1. The van der Waals surface area contributed by atoms with Crippen LogP contribution in [0.5, 0.6) is 0 Å². The maximum Gasteiger partial charge on any atom is 1.00 e. The molecule has 16 atom stereocenters. The first-order valence-electron chi connectivity index (χ1n) is 37.2. The van der Waals surface area contributed by atoms with E-state index in [2.05, 4.69) is 127 Å². The van der Waals surface area contributed by atoms with Crippen LogP contribution in [0.15, 0.2) is 91.0 Å². The van der Waals surface area contributed by atoms with Crippen molar-refractivity contribution in [1.82, 2.24) is 25.8 Å². The molecule has 6 aliphatic carbocycles. The van der Waals surface area contributed by atoms with Crippen LogP contribution in [0.4, 0.5) is 0 Å². The van der Waals surface area contributed by atoms with Crippen LogP contribution in [0, 0.1) is 81.3 Å². The zero-order valence-electron chi connectivity index (χ0n) is 62.6. The van der Waals surface area contributed by atoms with Crippen LogP contribution in [-0.2, 0) is 9.22 Å². The normalized spacial score (nSPS) is 26.8. The molecule has 2 heterocycles. The number of aliphatic carboxylic acids is 1. The summed E-state index contributed by atoms with van der Waals surface area (Å²) in [5.41, 5.74) is 9.06. The van der Waals surface area contributed by atoms with Crippen molar-refractivity contribution >= 4 is 32.6 Å². The molecule has 1 unspecified atom stereocenters. The number of hydrogen-bond acceptors (Lipinski definition) is 17. The van der Waals surface area contributed by atoms with Gasteiger partial charge < -0.3 is 73.5 Å². The first-order chi connectivity index (χ1) is 48.0. The molecular weight excluding hydrogens is 1340 g/mol. The molecule has 6 saturated carbocycles. The molecule has 22 heteroatoms. The standard InChI is InChI=1S/C20H32N2OSi.C16H18N2O.C15H23NO.C9H16N2O.C9H15NO2.C7H15NO.CN.2CH4O.2CH4.ClH.Na/c1-17(18-10-6-5-7-11-18)22(15-14-21)20-13-9-8-12-19(20)16-23-24(2,3)4;17-11-14-10-13-8-4-5-9-15(13)18(14)16(19)12-6-2-1-3-7-12;1-12(13-7-3-2-4-8-13)16-15-10-6-5-9-14(15)11-17;10-5-6-11-9-4-2-1-3-8(9)7-12;11-9(12)8-5-6-3-1-2-4-7(6)10-8;8-7-4-2-1-3-6(7)5-9;3*1-2;;;;/h5-7,10-11,17,19-20H,8-9,12-13,15-16H2,1-4H3;1-3,6-7,13-15H,4-5,8-10H2;2-4,7-8,12,14-17H,5-6,9-11H2,1H3;8-9,11-12H,1-4,6-7H2;6-8,10H,1-5H2,(H,11,12);6-7,9H,1-5,8H2;;2*2H,1H3;2*1H4;1H;/q;;;;;;-1;;;;;;+1/t17-,19+,20-;13-,14?,15+;12-,14+,15-;8-,9+;6-,7+,8+;6-,7+;;;;;;;/m010111......./s1. The number of carbonyl (C=O) groups excluding carboxylic acids is 1. The summed E-state index contributed by atoms with van der Waals surface area (Å²) in [5, 5.41) is 93.4. The summed E-state index contributed by atoms with van der Waals surface area (Å²) in [6, 6.07) is 39.7. The number of carboxylic acids is 1. The van der Waals surface area contributed by atoms with Crippen LogP contribution in [0.3, 0.4) is 0 Å². The van der Waals surface area contributed by atoms with E-state index in [4.69, 9.17) is 52.8 Å². The van der Waals surface area contributed by atoms with E-state index < -0.39 is 14.3 Å². The van der Waals surface area contributed by atoms with Gasteiger partial charge in [0.2, 0.25) is 0 Å². The Hall–Kier alpha value is -4.37. The number of benzene rings is 3. The van der Waals surface area contributed by atoms with E-state index in [0.29, 0.717) is 91.0 Å². The average molecular weight is 1480 g/mol. The number of likely N-dealkylation sites (tertiary alicyclic amines) is 1. The van der Waals surface area contributed by atoms with E-state index >= 15 is 0 Å². The quantitative estimate of drug-likeness (QED) is 0.0341. The SMILES string of the molecule is C.C.CO.CO.C[C@@H](c1ccccc1)N(CC#N)[C@H]1CCCC[C@@H]1CO[Si](C)(C)C.C[C@H](N[C@H]1CCCC[C@@H]1CO)c1ccccc1.Cl.N#CC1C[C@H]2CCCC[C@@H]2N1C(=O)c1ccccc1.N#CCN[C@H]1CCCC[C@@H]1CO.N[C@H]1CCCC[C@@H]1CO.O=C(O)[C@@H]1C[C@H]2CCCC[C@@H]2N1.[C-]#N.[Na+]. The first kappa shape index (κ1) is 101. The third-order valence-corrected chi connectivity index (χ3v) is 22.4. The van der Waals surface area contributed by atoms with Crippen molar-refractivity contribution in [1.29, 1.82) is 21.0 Å². The minimum Gasteiger partial charge on any atom is -0.512 e. The maximum atomic E-state index is 12.6. The summed E-state index contributed by atoms with van der Waals surface area (Å²) in [5.74, 6) is 2.27. The van der Waals surface area contributed by atoms with Gasteiger partial charge in [-0.2, -0.15) is 15.8 Å². The number of carboxylic acid groups (broad SMARTS) is 1. The Labute approximate surface area is 652 Å². The van der Waals surface area contributed by atoms with Crippen molar-refractivity contribution < 1.29 is 74.2 Å². The van der Waals surface area contributed by atoms with Gasteiger partial charge in [0.25, 0.3) is 5.91 Å². The van der Waals surface area contributed by atoms with Gasteiger partial charge in [-0.15, -0.1) is 12.4 Å². The van der Waals surface area contributed by atoms with Crippen molar-refractivity contribution in [3.8, 4) is 18.2 Å². The van der Waals surface area contributed by atoms with Crippen LogP contribution >= 0.6 is 12.4 Å². The van der Waals surface area contributed by atoms with Crippen LogP contribution in [0.2, 0.25) is 19.6 Å². The molecule has 19 nitrogen and oxygen atoms in total. The molecule has 103 heavy (non-hydrogen) atoms. The summed E-state index contributed by atoms with van der Waals surface area (Å²) >= 11 is 0. The number of carbonyl (C=O) groups is 2. The molecule has 2 saturated heterocycles. The Morgan fingerprint density at radius 3 is 1.60 bits per heavy atom. The average Bonchev–Trinajstić information content (AvgIpc) is 1.66. The Morgan fingerprint density at radius 2 is 1.10 bits per heavy atom. The molecule has 8 aliphatic rings. The molecule has 11 N–H and O–H groups in total. The predicted octanol–water partition coefficient (Wildman–Crippen LogP) is 11.0. The van der Waals surface area contributed by atoms with Crippen molar-refractivity contribution in [3.63, 3.8) is 0 Å². The summed E-state index contributed by atoms with van der Waals surface area (Å²) in [6.07, 6.45) is 30.5. The molecular formula is C81H136ClN10NaO9Si. The summed E-state index contributed by atoms with van der Waals surface area (Å²) < 4.78 is 6.24. The number of nitrogens with one attached hydrogen (secondary N) is 3. The van der Waals surface area contributed by atoms with Gasteiger partial charge in [0, 0.05) is 94.5 Å². The number of amides is 1. The van der Waals surface area contributed by atoms with Crippen LogP contribution in [-0.4, -0.2) is 163 Å². The largest absolute Gasteiger partial charge is 1.00 e. The molecule has 0 bridgehead atoms. The Morgan fingerprint density at radius 1 is 0.631 bits per heavy atom. The Bertz CT molecular complexity index is 2750. The second kappa shape index (κ2) is 58.7. The van der Waals surface area contributed by atoms with Gasteiger partial charge in [0.1, 0.15) is 12.1 Å². The fourth-order valence-electron chi connectivity index (χ4n) is 16.0. The second-order valence-corrected chi connectivity index (χ2v) is 33.4. The van der Waals surface area contributed by atoms with E-state index in [1.165, 1.54) is 127 Å². The molecule has 3 aromatic rings. The van der Waals surface area contributed by atoms with E-state index in [1.54, 1.807) is 0 Å². The van der Waals surface area contributed by atoms with Gasteiger partial charge in [0.05, 0.1) is 31.3 Å². The van der Waals surface area contributed by atoms with Gasteiger partial charge >= 0.3 is 35.5 Å². The summed E-state index contributed by atoms with van der Waals surface area (Å²) in [6.45, 7) is 18.5. The van der Waals surface area contributed by atoms with E-state index in [9.17, 15) is 25.2 Å². The Kier molecular flexibility index (Phi) is 57.4. The fourth-order valence-corrected chi connectivity index (χ4v) is 16.7. The van der Waals surface area contributed by atoms with Crippen molar-refractivity contribution in [2.75, 3.05) is 53.7 Å². The number of nitrogens with two attached hydrogens (primary N) is 1. The minimum atomic E-state index is -1.50. The summed E-state index contributed by atoms with van der Waals surface area (Å²) in [7, 11) is 0.501. The third kappa shape index (κ3) is 35.5. The van der Waals surface area contributed by atoms with Crippen molar-refractivity contribution in [2.24, 2.45) is 41.2 Å². The maximum absolute atomic E-state index is 12.6. The van der Waals surface area contributed by atoms with Gasteiger partial charge in [-0.05, 0) is 182 Å². The zero-order chi connectivity index (χ0) is 73.0. The number of rotatable bonds is 17. The number of aliphatic hydroxyl groups is 5. The monoisotopic (exact) mass is 1480 g/mol. The second-order valence-electron chi connectivity index (χ2n) is 28.9. The molecule has 1 amide bonds. The number of fused-ring (bicyclic) bond motifs is 2. The molecule has 0 spiro atoms. The fraction of sp³-hybridized carbons (Fsp3) is 0.704. The van der Waals surface area contributed by atoms with E-state index in [0.717, 1.165) is 72.2 Å². The van der Waals surface area contributed by atoms with E-state index in [1.807, 2.05) is 41.3 Å².